The summed E-state index contributed by atoms with van der Waals surface area (Å²) in [6.45, 7) is 0. The third-order valence-corrected chi connectivity index (χ3v) is 3.60. The molecule has 2 heterocycles. The van der Waals surface area contributed by atoms with Crippen LogP contribution in [0.15, 0.2) is 35.8 Å². The van der Waals surface area contributed by atoms with Gasteiger partial charge < -0.3 is 15.2 Å². The van der Waals surface area contributed by atoms with Crippen molar-refractivity contribution < 1.29 is 14.6 Å². The number of fused-ring (bicyclic) bond motifs is 1. The van der Waals surface area contributed by atoms with Gasteiger partial charge in [-0.3, -0.25) is 0 Å². The number of nitrogens with zero attached hydrogens (tertiary/aromatic N) is 2. The molecule has 0 atom stereocenters. The highest BCUT2D eigenvalue weighted by atomic mass is 32.1. The van der Waals surface area contributed by atoms with Crippen LogP contribution < -0.4 is 10.1 Å². The lowest BCUT2D eigenvalue weighted by molar-refractivity contribution is 0.0698. The molecule has 0 aliphatic rings. The molecule has 3 aromatic rings. The highest BCUT2D eigenvalue weighted by Crippen LogP contribution is 2.26. The van der Waals surface area contributed by atoms with Crippen molar-refractivity contribution in [2.24, 2.45) is 0 Å². The molecule has 7 heteroatoms. The van der Waals surface area contributed by atoms with Gasteiger partial charge >= 0.3 is 5.97 Å². The van der Waals surface area contributed by atoms with E-state index < -0.39 is 5.97 Å². The van der Waals surface area contributed by atoms with E-state index in [1.54, 1.807) is 43.0 Å². The van der Waals surface area contributed by atoms with Crippen molar-refractivity contribution in [2.75, 3.05) is 12.4 Å². The fraction of sp³-hybridized carbons (Fsp3) is 0.0714. The molecule has 0 aliphatic carbocycles. The van der Waals surface area contributed by atoms with E-state index in [0.29, 0.717) is 16.4 Å². The average Bonchev–Trinajstić information content (AvgIpc) is 2.98. The van der Waals surface area contributed by atoms with Crippen molar-refractivity contribution in [1.82, 2.24) is 9.97 Å². The second-order valence-electron chi connectivity index (χ2n) is 4.21. The number of aromatic nitrogens is 2. The van der Waals surface area contributed by atoms with Crippen LogP contribution in [0.1, 0.15) is 10.4 Å². The maximum Gasteiger partial charge on any atom is 0.339 e. The standard InChI is InChI=1S/C14H11N3O3S/c1-20-9-3-2-8-6-10(13(18)19)12(16-11(8)7-9)17-14-15-4-5-21-14/h2-7H,1H3,(H,18,19)(H,15,16,17). The predicted octanol–water partition coefficient (Wildman–Crippen LogP) is 3.14. The Bertz CT molecular complexity index is 803. The SMILES string of the molecule is COc1ccc2cc(C(=O)O)c(Nc3nccs3)nc2c1. The topological polar surface area (TPSA) is 84.3 Å². The zero-order valence-corrected chi connectivity index (χ0v) is 11.8. The summed E-state index contributed by atoms with van der Waals surface area (Å²) in [4.78, 5) is 19.8. The minimum Gasteiger partial charge on any atom is -0.497 e. The zero-order valence-electron chi connectivity index (χ0n) is 11.0. The molecule has 0 unspecified atom stereocenters. The number of carbonyl (C=O) groups is 1. The number of methoxy groups -OCH3 is 1. The first-order valence-corrected chi connectivity index (χ1v) is 6.94. The summed E-state index contributed by atoms with van der Waals surface area (Å²) >= 11 is 1.37. The molecule has 0 aliphatic heterocycles. The van der Waals surface area contributed by atoms with E-state index in [-0.39, 0.29) is 11.4 Å². The molecule has 106 valence electrons. The Hall–Kier alpha value is -2.67. The number of carboxylic acids is 1. The minimum absolute atomic E-state index is 0.0999. The van der Waals surface area contributed by atoms with Crippen LogP contribution in [0, 0.1) is 0 Å². The van der Waals surface area contributed by atoms with E-state index in [1.165, 1.54) is 11.3 Å². The maximum absolute atomic E-state index is 11.4. The predicted molar refractivity (Wildman–Crippen MR) is 80.7 cm³/mol. The van der Waals surface area contributed by atoms with Crippen molar-refractivity contribution >= 4 is 39.2 Å². The first-order chi connectivity index (χ1) is 10.2. The van der Waals surface area contributed by atoms with E-state index in [4.69, 9.17) is 4.74 Å². The Kier molecular flexibility index (Phi) is 3.41. The molecule has 0 bridgehead atoms. The van der Waals surface area contributed by atoms with E-state index in [2.05, 4.69) is 15.3 Å². The van der Waals surface area contributed by atoms with Gasteiger partial charge in [-0.1, -0.05) is 0 Å². The molecule has 1 aromatic carbocycles. The highest BCUT2D eigenvalue weighted by molar-refractivity contribution is 7.13. The molecule has 0 radical (unpaired) electrons. The van der Waals surface area contributed by atoms with Crippen molar-refractivity contribution in [1.29, 1.82) is 0 Å². The summed E-state index contributed by atoms with van der Waals surface area (Å²) in [5.74, 6) is -0.115. The number of benzene rings is 1. The lowest BCUT2D eigenvalue weighted by Gasteiger charge is -2.09. The number of anilines is 2. The van der Waals surface area contributed by atoms with Gasteiger partial charge in [0.15, 0.2) is 5.13 Å². The van der Waals surface area contributed by atoms with E-state index in [1.807, 2.05) is 0 Å². The van der Waals surface area contributed by atoms with Crippen LogP contribution in [-0.2, 0) is 0 Å². The number of carboxylic acid groups (broad SMARTS) is 1. The first kappa shape index (κ1) is 13.3. The molecular formula is C14H11N3O3S. The number of rotatable bonds is 4. The quantitative estimate of drug-likeness (QED) is 0.770. The van der Waals surface area contributed by atoms with E-state index >= 15 is 0 Å². The lowest BCUT2D eigenvalue weighted by Crippen LogP contribution is -2.05. The molecule has 3 rings (SSSR count). The summed E-state index contributed by atoms with van der Waals surface area (Å²) in [5.41, 5.74) is 0.751. The molecule has 0 saturated heterocycles. The zero-order chi connectivity index (χ0) is 14.8. The van der Waals surface area contributed by atoms with Gasteiger partial charge in [0.2, 0.25) is 0 Å². The van der Waals surface area contributed by atoms with Crippen molar-refractivity contribution in [3.05, 3.63) is 41.4 Å². The monoisotopic (exact) mass is 301 g/mol. The molecule has 0 spiro atoms. The fourth-order valence-corrected chi connectivity index (χ4v) is 2.45. The van der Waals surface area contributed by atoms with Crippen molar-refractivity contribution in [2.45, 2.75) is 0 Å². The molecule has 2 aromatic heterocycles. The Morgan fingerprint density at radius 1 is 1.38 bits per heavy atom. The summed E-state index contributed by atoms with van der Waals surface area (Å²) in [6, 6.07) is 6.89. The van der Waals surface area contributed by atoms with Gasteiger partial charge in [0, 0.05) is 23.0 Å². The Morgan fingerprint density at radius 3 is 2.90 bits per heavy atom. The van der Waals surface area contributed by atoms with Crippen LogP contribution >= 0.6 is 11.3 Å². The van der Waals surface area contributed by atoms with Gasteiger partial charge in [0.05, 0.1) is 12.6 Å². The van der Waals surface area contributed by atoms with E-state index in [9.17, 15) is 9.90 Å². The molecule has 0 amide bonds. The summed E-state index contributed by atoms with van der Waals surface area (Å²) in [6.07, 6.45) is 1.64. The number of hydrogen-bond donors (Lipinski definition) is 2. The third-order valence-electron chi connectivity index (χ3n) is 2.91. The maximum atomic E-state index is 11.4. The minimum atomic E-state index is -1.04. The van der Waals surface area contributed by atoms with Gasteiger partial charge in [0.25, 0.3) is 0 Å². The van der Waals surface area contributed by atoms with Gasteiger partial charge in [-0.25, -0.2) is 14.8 Å². The molecule has 0 saturated carbocycles. The van der Waals surface area contributed by atoms with Crippen LogP contribution in [0.2, 0.25) is 0 Å². The molecule has 6 nitrogen and oxygen atoms in total. The lowest BCUT2D eigenvalue weighted by atomic mass is 10.1. The summed E-state index contributed by atoms with van der Waals surface area (Å²) in [7, 11) is 1.57. The number of pyridine rings is 1. The Morgan fingerprint density at radius 2 is 2.24 bits per heavy atom. The van der Waals surface area contributed by atoms with Gasteiger partial charge in [-0.05, 0) is 18.2 Å². The van der Waals surface area contributed by atoms with Gasteiger partial charge in [-0.15, -0.1) is 11.3 Å². The first-order valence-electron chi connectivity index (χ1n) is 6.06. The van der Waals surface area contributed by atoms with Crippen LogP contribution in [0.25, 0.3) is 10.9 Å². The molecule has 0 fully saturated rings. The Balaban J connectivity index is 2.14. The molecule has 2 N–H and O–H groups in total. The second-order valence-corrected chi connectivity index (χ2v) is 5.11. The molecule has 21 heavy (non-hydrogen) atoms. The number of nitrogens with one attached hydrogen (secondary N) is 1. The molecular weight excluding hydrogens is 290 g/mol. The average molecular weight is 301 g/mol. The highest BCUT2D eigenvalue weighted by Gasteiger charge is 2.14. The van der Waals surface area contributed by atoms with Crippen LogP contribution in [0.4, 0.5) is 10.9 Å². The number of aromatic carboxylic acids is 1. The Labute approximate surface area is 124 Å². The largest absolute Gasteiger partial charge is 0.497 e. The third kappa shape index (κ3) is 2.63. The van der Waals surface area contributed by atoms with Crippen LogP contribution in [0.3, 0.4) is 0 Å². The van der Waals surface area contributed by atoms with Crippen LogP contribution in [0.5, 0.6) is 5.75 Å². The van der Waals surface area contributed by atoms with Gasteiger partial charge in [-0.2, -0.15) is 0 Å². The smallest absolute Gasteiger partial charge is 0.339 e. The second kappa shape index (κ2) is 5.37. The number of hydrogen-bond acceptors (Lipinski definition) is 6. The van der Waals surface area contributed by atoms with Gasteiger partial charge in [0.1, 0.15) is 17.1 Å². The van der Waals surface area contributed by atoms with Crippen molar-refractivity contribution in [3.8, 4) is 5.75 Å². The number of thiazole rings is 1. The van der Waals surface area contributed by atoms with Crippen LogP contribution in [-0.4, -0.2) is 28.2 Å². The fourth-order valence-electron chi connectivity index (χ4n) is 1.92. The summed E-state index contributed by atoms with van der Waals surface area (Å²) in [5, 5.41) is 15.4. The summed E-state index contributed by atoms with van der Waals surface area (Å²) < 4.78 is 5.16. The number of ether oxygens (including phenoxy) is 1. The van der Waals surface area contributed by atoms with E-state index in [0.717, 1.165) is 5.39 Å². The van der Waals surface area contributed by atoms with Crippen molar-refractivity contribution in [3.63, 3.8) is 0 Å². The normalized spacial score (nSPS) is 10.5.